The molecule has 0 heterocycles. The van der Waals surface area contributed by atoms with Crippen LogP contribution in [0.3, 0.4) is 0 Å². The second-order valence-corrected chi connectivity index (χ2v) is 12.9. The molecule has 0 saturated carbocycles. The molecule has 8 aromatic carbocycles. The molecule has 0 heteroatoms. The van der Waals surface area contributed by atoms with Crippen molar-refractivity contribution in [2.24, 2.45) is 0 Å². The van der Waals surface area contributed by atoms with E-state index in [1.165, 1.54) is 77.9 Å². The molecular weight excluding hydrogens is 601 g/mol. The van der Waals surface area contributed by atoms with Gasteiger partial charge >= 0.3 is 0 Å². The van der Waals surface area contributed by atoms with Gasteiger partial charge in [0.1, 0.15) is 0 Å². The summed E-state index contributed by atoms with van der Waals surface area (Å²) in [5.41, 5.74) is 17.8. The van der Waals surface area contributed by atoms with Crippen LogP contribution in [0.25, 0.3) is 55.6 Å². The summed E-state index contributed by atoms with van der Waals surface area (Å²) in [4.78, 5) is 0. The van der Waals surface area contributed by atoms with E-state index in [-0.39, 0.29) is 0 Å². The van der Waals surface area contributed by atoms with Crippen molar-refractivity contribution < 1.29 is 0 Å². The summed E-state index contributed by atoms with van der Waals surface area (Å²) in [6, 6.07) is 74.7. The van der Waals surface area contributed by atoms with E-state index in [2.05, 4.69) is 206 Å². The summed E-state index contributed by atoms with van der Waals surface area (Å²) in [6.45, 7) is 0. The monoisotopic (exact) mass is 638 g/mol. The third-order valence-electron chi connectivity index (χ3n) is 9.67. The van der Waals surface area contributed by atoms with Crippen LogP contribution in [0.15, 0.2) is 206 Å². The van der Waals surface area contributed by atoms with Gasteiger partial charge in [-0.3, -0.25) is 0 Å². The standard InChI is InChI=1S/C50H38/c1-3-11-39(12-4-1)43-27-31-45(32-28-43)49-17-9-7-15-47(49)35-37-19-23-41(24-20-37)42-25-21-38(22-26-42)36-48-16-8-10-18-50(48)46-33-29-44(30-34-46)40-13-5-2-6-14-40/h1-34H,35-36H2. The zero-order valence-electron chi connectivity index (χ0n) is 28.0. The highest BCUT2D eigenvalue weighted by Gasteiger charge is 2.09. The van der Waals surface area contributed by atoms with Crippen LogP contribution in [0.1, 0.15) is 22.3 Å². The highest BCUT2D eigenvalue weighted by Crippen LogP contribution is 2.31. The Hall–Kier alpha value is -6.24. The topological polar surface area (TPSA) is 0 Å². The molecule has 0 bridgehead atoms. The van der Waals surface area contributed by atoms with Crippen molar-refractivity contribution in [1.29, 1.82) is 0 Å². The molecule has 0 spiro atoms. The van der Waals surface area contributed by atoms with Gasteiger partial charge < -0.3 is 0 Å². The Labute approximate surface area is 296 Å². The Bertz CT molecular complexity index is 2130. The summed E-state index contributed by atoms with van der Waals surface area (Å²) >= 11 is 0. The quantitative estimate of drug-likeness (QED) is 0.148. The Kier molecular flexibility index (Phi) is 8.99. The zero-order valence-corrected chi connectivity index (χ0v) is 28.0. The van der Waals surface area contributed by atoms with E-state index in [1.54, 1.807) is 0 Å². The van der Waals surface area contributed by atoms with E-state index in [9.17, 15) is 0 Å². The highest BCUT2D eigenvalue weighted by molar-refractivity contribution is 5.74. The van der Waals surface area contributed by atoms with Crippen LogP contribution in [0.2, 0.25) is 0 Å². The number of rotatable bonds is 9. The Morgan fingerprint density at radius 1 is 0.200 bits per heavy atom. The van der Waals surface area contributed by atoms with E-state index in [4.69, 9.17) is 0 Å². The Morgan fingerprint density at radius 2 is 0.460 bits per heavy atom. The SMILES string of the molecule is c1ccc(-c2ccc(-c3ccccc3Cc3ccc(-c4ccc(Cc5ccccc5-c5ccc(-c6ccccc6)cc5)cc4)cc3)cc2)cc1. The average molecular weight is 639 g/mol. The lowest BCUT2D eigenvalue weighted by atomic mass is 9.92. The Balaban J connectivity index is 0.948. The summed E-state index contributed by atoms with van der Waals surface area (Å²) in [5.74, 6) is 0. The lowest BCUT2D eigenvalue weighted by molar-refractivity contribution is 1.19. The van der Waals surface area contributed by atoms with Crippen LogP contribution < -0.4 is 0 Å². The van der Waals surface area contributed by atoms with Crippen molar-refractivity contribution >= 4 is 0 Å². The van der Waals surface area contributed by atoms with Crippen molar-refractivity contribution in [1.82, 2.24) is 0 Å². The molecule has 0 aliphatic heterocycles. The van der Waals surface area contributed by atoms with Gasteiger partial charge in [0.2, 0.25) is 0 Å². The van der Waals surface area contributed by atoms with Crippen LogP contribution in [0.5, 0.6) is 0 Å². The summed E-state index contributed by atoms with van der Waals surface area (Å²) in [6.07, 6.45) is 1.79. The van der Waals surface area contributed by atoms with Crippen molar-refractivity contribution in [3.8, 4) is 55.6 Å². The molecule has 0 radical (unpaired) electrons. The normalized spacial score (nSPS) is 11.0. The van der Waals surface area contributed by atoms with Gasteiger partial charge in [0, 0.05) is 0 Å². The molecule has 238 valence electrons. The van der Waals surface area contributed by atoms with Gasteiger partial charge in [0.05, 0.1) is 0 Å². The molecule has 0 aliphatic carbocycles. The molecular formula is C50H38. The zero-order chi connectivity index (χ0) is 33.5. The van der Waals surface area contributed by atoms with E-state index in [0.29, 0.717) is 0 Å². The van der Waals surface area contributed by atoms with E-state index in [1.807, 2.05) is 0 Å². The van der Waals surface area contributed by atoms with Crippen molar-refractivity contribution in [3.63, 3.8) is 0 Å². The number of hydrogen-bond acceptors (Lipinski definition) is 0. The van der Waals surface area contributed by atoms with E-state index >= 15 is 0 Å². The fourth-order valence-corrected chi connectivity index (χ4v) is 6.93. The van der Waals surface area contributed by atoms with Crippen LogP contribution in [-0.4, -0.2) is 0 Å². The van der Waals surface area contributed by atoms with E-state index < -0.39 is 0 Å². The first-order chi connectivity index (χ1) is 24.8. The maximum Gasteiger partial charge on any atom is -0.00196 e. The molecule has 0 nitrogen and oxygen atoms in total. The summed E-state index contributed by atoms with van der Waals surface area (Å²) < 4.78 is 0. The minimum atomic E-state index is 0.893. The van der Waals surface area contributed by atoms with Crippen LogP contribution in [0, 0.1) is 0 Å². The molecule has 50 heavy (non-hydrogen) atoms. The maximum atomic E-state index is 2.28. The van der Waals surface area contributed by atoms with Gasteiger partial charge in [-0.15, -0.1) is 0 Å². The summed E-state index contributed by atoms with van der Waals surface area (Å²) in [5, 5.41) is 0. The molecule has 0 aromatic heterocycles. The van der Waals surface area contributed by atoms with Crippen molar-refractivity contribution in [2.45, 2.75) is 12.8 Å². The molecule has 0 amide bonds. The van der Waals surface area contributed by atoms with Crippen LogP contribution in [0.4, 0.5) is 0 Å². The molecule has 0 atom stereocenters. The van der Waals surface area contributed by atoms with Gasteiger partial charge in [0.15, 0.2) is 0 Å². The van der Waals surface area contributed by atoms with Crippen molar-refractivity contribution in [3.05, 3.63) is 229 Å². The third kappa shape index (κ3) is 6.97. The molecule has 8 aromatic rings. The predicted molar refractivity (Wildman–Crippen MR) is 212 cm³/mol. The average Bonchev–Trinajstić information content (AvgIpc) is 3.20. The maximum absolute atomic E-state index is 2.28. The van der Waals surface area contributed by atoms with Gasteiger partial charge in [-0.25, -0.2) is 0 Å². The van der Waals surface area contributed by atoms with Crippen LogP contribution >= 0.6 is 0 Å². The molecule has 0 saturated heterocycles. The first kappa shape index (κ1) is 31.1. The fourth-order valence-electron chi connectivity index (χ4n) is 6.93. The molecule has 0 aliphatic rings. The van der Waals surface area contributed by atoms with E-state index in [0.717, 1.165) is 12.8 Å². The molecule has 8 rings (SSSR count). The minimum absolute atomic E-state index is 0.893. The first-order valence-electron chi connectivity index (χ1n) is 17.4. The first-order valence-corrected chi connectivity index (χ1v) is 17.4. The Morgan fingerprint density at radius 3 is 0.820 bits per heavy atom. The smallest absolute Gasteiger partial charge is 0.00196 e. The summed E-state index contributed by atoms with van der Waals surface area (Å²) in [7, 11) is 0. The predicted octanol–water partition coefficient (Wildman–Crippen LogP) is 13.2. The second kappa shape index (κ2) is 14.5. The number of hydrogen-bond donors (Lipinski definition) is 0. The largest absolute Gasteiger partial charge is 0.0622 e. The van der Waals surface area contributed by atoms with Crippen molar-refractivity contribution in [2.75, 3.05) is 0 Å². The third-order valence-corrected chi connectivity index (χ3v) is 9.67. The van der Waals surface area contributed by atoms with Gasteiger partial charge in [-0.2, -0.15) is 0 Å². The van der Waals surface area contributed by atoms with Gasteiger partial charge in [-0.1, -0.05) is 206 Å². The van der Waals surface area contributed by atoms with Gasteiger partial charge in [0.25, 0.3) is 0 Å². The molecule has 0 N–H and O–H groups in total. The molecule has 0 fully saturated rings. The minimum Gasteiger partial charge on any atom is -0.0622 e. The van der Waals surface area contributed by atoms with Gasteiger partial charge in [-0.05, 0) is 90.7 Å². The fraction of sp³-hybridized carbons (Fsp3) is 0.0400. The lowest BCUT2D eigenvalue weighted by Gasteiger charge is -2.12. The lowest BCUT2D eigenvalue weighted by Crippen LogP contribution is -1.93. The highest BCUT2D eigenvalue weighted by atomic mass is 14.1. The molecule has 0 unspecified atom stereocenters. The second-order valence-electron chi connectivity index (χ2n) is 12.9. The van der Waals surface area contributed by atoms with Crippen LogP contribution in [-0.2, 0) is 12.8 Å². The number of benzene rings is 8.